The molecule has 102 valence electrons. The van der Waals surface area contributed by atoms with Gasteiger partial charge in [-0.2, -0.15) is 0 Å². The van der Waals surface area contributed by atoms with Crippen molar-refractivity contribution in [1.29, 1.82) is 0 Å². The standard InChI is InChI=1S/C12H14N2O5/c13-10(15)6-14(7-11(16)17)12(18)19-8-9-4-2-1-3-5-9/h1-5H,6-8H2,(H2,13,15)(H,16,17). The number of aliphatic carboxylic acids is 1. The molecule has 0 spiro atoms. The normalized spacial score (nSPS) is 9.68. The van der Waals surface area contributed by atoms with Gasteiger partial charge in [-0.1, -0.05) is 30.3 Å². The molecule has 0 bridgehead atoms. The van der Waals surface area contributed by atoms with E-state index in [2.05, 4.69) is 0 Å². The highest BCUT2D eigenvalue weighted by Crippen LogP contribution is 2.03. The van der Waals surface area contributed by atoms with Crippen molar-refractivity contribution in [2.24, 2.45) is 5.73 Å². The fraction of sp³-hybridized carbons (Fsp3) is 0.250. The minimum absolute atomic E-state index is 0.00540. The van der Waals surface area contributed by atoms with E-state index in [1.54, 1.807) is 24.3 Å². The SMILES string of the molecule is NC(=O)CN(CC(=O)O)C(=O)OCc1ccccc1. The van der Waals surface area contributed by atoms with Gasteiger partial charge in [0.15, 0.2) is 0 Å². The molecule has 0 aromatic heterocycles. The second-order valence-corrected chi connectivity index (χ2v) is 3.76. The number of rotatable bonds is 6. The summed E-state index contributed by atoms with van der Waals surface area (Å²) in [5.74, 6) is -2.06. The highest BCUT2D eigenvalue weighted by molar-refractivity contribution is 5.83. The lowest BCUT2D eigenvalue weighted by molar-refractivity contribution is -0.138. The Morgan fingerprint density at radius 3 is 2.32 bits per heavy atom. The topological polar surface area (TPSA) is 110 Å². The molecule has 0 saturated heterocycles. The highest BCUT2D eigenvalue weighted by atomic mass is 16.6. The molecular weight excluding hydrogens is 252 g/mol. The average Bonchev–Trinajstić information content (AvgIpc) is 2.35. The zero-order chi connectivity index (χ0) is 14.3. The first-order valence-corrected chi connectivity index (χ1v) is 5.44. The Morgan fingerprint density at radius 2 is 1.79 bits per heavy atom. The van der Waals surface area contributed by atoms with Gasteiger partial charge in [0.2, 0.25) is 5.91 Å². The number of ether oxygens (including phenoxy) is 1. The van der Waals surface area contributed by atoms with Crippen LogP contribution in [0.2, 0.25) is 0 Å². The molecule has 1 aromatic carbocycles. The Hall–Kier alpha value is -2.57. The molecule has 3 N–H and O–H groups in total. The summed E-state index contributed by atoms with van der Waals surface area (Å²) in [6.07, 6.45) is -0.898. The largest absolute Gasteiger partial charge is 0.480 e. The summed E-state index contributed by atoms with van der Waals surface area (Å²) in [5.41, 5.74) is 5.69. The molecule has 0 fully saturated rings. The van der Waals surface area contributed by atoms with Crippen LogP contribution in [-0.2, 0) is 20.9 Å². The van der Waals surface area contributed by atoms with Crippen molar-refractivity contribution in [3.05, 3.63) is 35.9 Å². The average molecular weight is 266 g/mol. The van der Waals surface area contributed by atoms with Crippen LogP contribution in [0.5, 0.6) is 0 Å². The molecule has 1 rings (SSSR count). The Kier molecular flexibility index (Phi) is 5.34. The maximum atomic E-state index is 11.6. The molecule has 0 aliphatic rings. The van der Waals surface area contributed by atoms with E-state index < -0.39 is 31.1 Å². The lowest BCUT2D eigenvalue weighted by Crippen LogP contribution is -2.41. The Morgan fingerprint density at radius 1 is 1.16 bits per heavy atom. The molecule has 0 heterocycles. The van der Waals surface area contributed by atoms with E-state index in [1.807, 2.05) is 6.07 Å². The Labute approximate surface area is 109 Å². The van der Waals surface area contributed by atoms with Crippen LogP contribution >= 0.6 is 0 Å². The molecule has 1 aromatic rings. The number of benzene rings is 1. The number of primary amides is 1. The van der Waals surface area contributed by atoms with E-state index in [9.17, 15) is 14.4 Å². The number of amides is 2. The third kappa shape index (κ3) is 5.53. The first-order valence-electron chi connectivity index (χ1n) is 5.44. The minimum Gasteiger partial charge on any atom is -0.480 e. The number of carbonyl (C=O) groups is 3. The van der Waals surface area contributed by atoms with E-state index >= 15 is 0 Å². The van der Waals surface area contributed by atoms with Gasteiger partial charge in [0.25, 0.3) is 0 Å². The number of carboxylic acid groups (broad SMARTS) is 1. The molecule has 0 radical (unpaired) electrons. The lowest BCUT2D eigenvalue weighted by Gasteiger charge is -2.18. The Balaban J connectivity index is 2.56. The van der Waals surface area contributed by atoms with E-state index in [0.29, 0.717) is 0 Å². The van der Waals surface area contributed by atoms with Gasteiger partial charge in [0.1, 0.15) is 19.7 Å². The Bertz CT molecular complexity index is 444. The number of carbonyl (C=O) groups excluding carboxylic acids is 2. The second-order valence-electron chi connectivity index (χ2n) is 3.76. The van der Waals surface area contributed by atoms with Crippen LogP contribution in [-0.4, -0.2) is 41.1 Å². The van der Waals surface area contributed by atoms with Crippen molar-refractivity contribution in [1.82, 2.24) is 4.90 Å². The van der Waals surface area contributed by atoms with Crippen LogP contribution in [0, 0.1) is 0 Å². The van der Waals surface area contributed by atoms with E-state index in [1.165, 1.54) is 0 Å². The minimum atomic E-state index is -1.25. The fourth-order valence-corrected chi connectivity index (χ4v) is 1.35. The molecule has 0 aliphatic heterocycles. The quantitative estimate of drug-likeness (QED) is 0.764. The van der Waals surface area contributed by atoms with Crippen LogP contribution in [0.25, 0.3) is 0 Å². The van der Waals surface area contributed by atoms with Gasteiger partial charge >= 0.3 is 12.1 Å². The van der Waals surface area contributed by atoms with Crippen LogP contribution in [0.3, 0.4) is 0 Å². The van der Waals surface area contributed by atoms with E-state index in [0.717, 1.165) is 10.5 Å². The van der Waals surface area contributed by atoms with Crippen molar-refractivity contribution in [3.63, 3.8) is 0 Å². The van der Waals surface area contributed by atoms with Gasteiger partial charge in [-0.15, -0.1) is 0 Å². The summed E-state index contributed by atoms with van der Waals surface area (Å²) < 4.78 is 4.91. The third-order valence-electron chi connectivity index (χ3n) is 2.14. The van der Waals surface area contributed by atoms with E-state index in [-0.39, 0.29) is 6.61 Å². The molecule has 0 unspecified atom stereocenters. The van der Waals surface area contributed by atoms with Crippen molar-refractivity contribution >= 4 is 18.0 Å². The molecular formula is C12H14N2O5. The summed E-state index contributed by atoms with van der Waals surface area (Å²) >= 11 is 0. The zero-order valence-corrected chi connectivity index (χ0v) is 10.1. The van der Waals surface area contributed by atoms with Gasteiger partial charge in [0, 0.05) is 0 Å². The first-order chi connectivity index (χ1) is 8.99. The molecule has 0 atom stereocenters. The first kappa shape index (κ1) is 14.5. The summed E-state index contributed by atoms with van der Waals surface area (Å²) in [4.78, 5) is 33.7. The molecule has 7 nitrogen and oxygen atoms in total. The number of carboxylic acids is 1. The number of hydrogen-bond donors (Lipinski definition) is 2. The molecule has 0 aliphatic carbocycles. The zero-order valence-electron chi connectivity index (χ0n) is 10.1. The number of hydrogen-bond acceptors (Lipinski definition) is 4. The van der Waals surface area contributed by atoms with Gasteiger partial charge in [-0.3, -0.25) is 14.5 Å². The lowest BCUT2D eigenvalue weighted by atomic mass is 10.2. The van der Waals surface area contributed by atoms with Gasteiger partial charge in [0.05, 0.1) is 0 Å². The van der Waals surface area contributed by atoms with Crippen molar-refractivity contribution in [2.45, 2.75) is 6.61 Å². The molecule has 19 heavy (non-hydrogen) atoms. The van der Waals surface area contributed by atoms with Gasteiger partial charge in [-0.05, 0) is 5.56 Å². The van der Waals surface area contributed by atoms with Crippen molar-refractivity contribution < 1.29 is 24.2 Å². The van der Waals surface area contributed by atoms with Crippen LogP contribution in [0.1, 0.15) is 5.56 Å². The van der Waals surface area contributed by atoms with Crippen LogP contribution < -0.4 is 5.73 Å². The highest BCUT2D eigenvalue weighted by Gasteiger charge is 2.20. The van der Waals surface area contributed by atoms with Crippen molar-refractivity contribution in [2.75, 3.05) is 13.1 Å². The smallest absolute Gasteiger partial charge is 0.411 e. The summed E-state index contributed by atoms with van der Waals surface area (Å²) in [6, 6.07) is 8.88. The number of nitrogens with zero attached hydrogens (tertiary/aromatic N) is 1. The second kappa shape index (κ2) is 7.00. The van der Waals surface area contributed by atoms with Crippen molar-refractivity contribution in [3.8, 4) is 0 Å². The van der Waals surface area contributed by atoms with Crippen LogP contribution in [0.4, 0.5) is 4.79 Å². The monoisotopic (exact) mass is 266 g/mol. The third-order valence-corrected chi connectivity index (χ3v) is 2.14. The maximum Gasteiger partial charge on any atom is 0.411 e. The maximum absolute atomic E-state index is 11.6. The summed E-state index contributed by atoms with van der Waals surface area (Å²) in [6.45, 7) is -1.15. The molecule has 7 heteroatoms. The predicted molar refractivity (Wildman–Crippen MR) is 65.0 cm³/mol. The summed E-state index contributed by atoms with van der Waals surface area (Å²) in [5, 5.41) is 8.63. The fourth-order valence-electron chi connectivity index (χ4n) is 1.35. The van der Waals surface area contributed by atoms with E-state index in [4.69, 9.17) is 15.6 Å². The van der Waals surface area contributed by atoms with Gasteiger partial charge in [-0.25, -0.2) is 4.79 Å². The predicted octanol–water partition coefficient (Wildman–Crippen LogP) is 0.195. The molecule has 0 saturated carbocycles. The number of nitrogens with two attached hydrogens (primary N) is 1. The summed E-state index contributed by atoms with van der Waals surface area (Å²) in [7, 11) is 0. The van der Waals surface area contributed by atoms with Gasteiger partial charge < -0.3 is 15.6 Å². The van der Waals surface area contributed by atoms with Crippen LogP contribution in [0.15, 0.2) is 30.3 Å². The molecule has 2 amide bonds.